The number of aryl methyl sites for hydroxylation is 1. The molecule has 0 saturated heterocycles. The topological polar surface area (TPSA) is 73.9 Å². The minimum atomic E-state index is -0.388. The van der Waals surface area contributed by atoms with E-state index in [1.165, 1.54) is 0 Å². The van der Waals surface area contributed by atoms with E-state index in [1.54, 1.807) is 36.8 Å². The Balaban J connectivity index is 1.50. The van der Waals surface area contributed by atoms with Gasteiger partial charge in [0.25, 0.3) is 0 Å². The van der Waals surface area contributed by atoms with Gasteiger partial charge in [0.2, 0.25) is 5.91 Å². The molecule has 0 radical (unpaired) electrons. The van der Waals surface area contributed by atoms with Crippen LogP contribution in [0.3, 0.4) is 0 Å². The van der Waals surface area contributed by atoms with Crippen LogP contribution in [-0.2, 0) is 17.8 Å². The van der Waals surface area contributed by atoms with E-state index in [1.807, 2.05) is 36.4 Å². The zero-order chi connectivity index (χ0) is 20.8. The molecule has 0 N–H and O–H groups in total. The summed E-state index contributed by atoms with van der Waals surface area (Å²) in [5, 5.41) is 0. The molecule has 0 bridgehead atoms. The zero-order valence-corrected chi connectivity index (χ0v) is 17.0. The van der Waals surface area contributed by atoms with Gasteiger partial charge in [0.05, 0.1) is 19.7 Å². The predicted octanol–water partition coefficient (Wildman–Crippen LogP) is 3.09. The van der Waals surface area contributed by atoms with Crippen molar-refractivity contribution in [2.75, 3.05) is 27.8 Å². The normalized spacial score (nSPS) is 10.9. The fourth-order valence-corrected chi connectivity index (χ4v) is 3.26. The molecule has 1 aromatic heterocycles. The summed E-state index contributed by atoms with van der Waals surface area (Å²) in [5.74, 6) is 1.02. The minimum Gasteiger partial charge on any atom is -0.493 e. The Morgan fingerprint density at radius 3 is 2.62 bits per heavy atom. The Morgan fingerprint density at radius 1 is 1.10 bits per heavy atom. The number of aromatic nitrogens is 1. The first kappa shape index (κ1) is 20.5. The molecular weight excluding hydrogens is 372 g/mol. The standard InChI is InChI=1S/C22H26N2O5/c1-23(14-12-16-10-11-19(27-2)20(15-16)28-3)21(25)9-6-13-24-17-7-4-5-8-18(17)29-22(24)26/h4-5,7-8,10-11,15H,6,9,12-14H2,1-3H3. The zero-order valence-electron chi connectivity index (χ0n) is 17.0. The molecule has 0 unspecified atom stereocenters. The van der Waals surface area contributed by atoms with E-state index in [4.69, 9.17) is 13.9 Å². The van der Waals surface area contributed by atoms with E-state index < -0.39 is 0 Å². The van der Waals surface area contributed by atoms with Crippen molar-refractivity contribution in [2.45, 2.75) is 25.8 Å². The van der Waals surface area contributed by atoms with Gasteiger partial charge in [-0.05, 0) is 42.7 Å². The number of likely N-dealkylation sites (N-methyl/N-ethyl adjacent to an activating group) is 1. The van der Waals surface area contributed by atoms with Gasteiger partial charge < -0.3 is 18.8 Å². The number of nitrogens with zero attached hydrogens (tertiary/aromatic N) is 2. The lowest BCUT2D eigenvalue weighted by Crippen LogP contribution is -2.29. The molecule has 7 nitrogen and oxygen atoms in total. The smallest absolute Gasteiger partial charge is 0.419 e. The number of rotatable bonds is 9. The van der Waals surface area contributed by atoms with Crippen molar-refractivity contribution in [3.63, 3.8) is 0 Å². The second-order valence-corrected chi connectivity index (χ2v) is 6.85. The third-order valence-corrected chi connectivity index (χ3v) is 4.96. The maximum absolute atomic E-state index is 12.4. The number of hydrogen-bond donors (Lipinski definition) is 0. The SMILES string of the molecule is COc1ccc(CCN(C)C(=O)CCCn2c(=O)oc3ccccc32)cc1OC. The number of hydrogen-bond acceptors (Lipinski definition) is 5. The van der Waals surface area contributed by atoms with Crippen LogP contribution in [0.5, 0.6) is 11.5 Å². The molecule has 7 heteroatoms. The highest BCUT2D eigenvalue weighted by Gasteiger charge is 2.12. The van der Waals surface area contributed by atoms with Gasteiger partial charge in [-0.1, -0.05) is 18.2 Å². The van der Waals surface area contributed by atoms with Crippen LogP contribution in [0.4, 0.5) is 0 Å². The van der Waals surface area contributed by atoms with Gasteiger partial charge in [0.15, 0.2) is 17.1 Å². The first-order valence-electron chi connectivity index (χ1n) is 9.56. The van der Waals surface area contributed by atoms with E-state index >= 15 is 0 Å². The maximum atomic E-state index is 12.4. The highest BCUT2D eigenvalue weighted by atomic mass is 16.5. The summed E-state index contributed by atoms with van der Waals surface area (Å²) in [6, 6.07) is 13.1. The molecule has 2 aromatic carbocycles. The molecule has 1 amide bonds. The third-order valence-electron chi connectivity index (χ3n) is 4.96. The summed E-state index contributed by atoms with van der Waals surface area (Å²) in [6.07, 6.45) is 1.66. The van der Waals surface area contributed by atoms with E-state index in [-0.39, 0.29) is 11.7 Å². The number of methoxy groups -OCH3 is 2. The summed E-state index contributed by atoms with van der Waals surface area (Å²) in [7, 11) is 5.00. The monoisotopic (exact) mass is 398 g/mol. The van der Waals surface area contributed by atoms with E-state index in [9.17, 15) is 9.59 Å². The molecule has 3 rings (SSSR count). The second-order valence-electron chi connectivity index (χ2n) is 6.85. The molecule has 0 aliphatic heterocycles. The van der Waals surface area contributed by atoms with Crippen LogP contribution < -0.4 is 15.2 Å². The highest BCUT2D eigenvalue weighted by Crippen LogP contribution is 2.27. The summed E-state index contributed by atoms with van der Waals surface area (Å²) in [4.78, 5) is 26.1. The van der Waals surface area contributed by atoms with Crippen LogP contribution in [0.25, 0.3) is 11.1 Å². The summed E-state index contributed by atoms with van der Waals surface area (Å²) < 4.78 is 17.4. The van der Waals surface area contributed by atoms with Gasteiger partial charge in [-0.25, -0.2) is 4.79 Å². The van der Waals surface area contributed by atoms with Crippen LogP contribution in [0.2, 0.25) is 0 Å². The molecule has 0 aliphatic rings. The summed E-state index contributed by atoms with van der Waals surface area (Å²) >= 11 is 0. The fraction of sp³-hybridized carbons (Fsp3) is 0.364. The van der Waals surface area contributed by atoms with Crippen LogP contribution in [0.15, 0.2) is 51.7 Å². The number of para-hydroxylation sites is 2. The molecule has 0 saturated carbocycles. The van der Waals surface area contributed by atoms with Gasteiger partial charge >= 0.3 is 5.76 Å². The number of carbonyl (C=O) groups excluding carboxylic acids is 1. The van der Waals surface area contributed by atoms with E-state index in [2.05, 4.69) is 0 Å². The minimum absolute atomic E-state index is 0.0475. The molecular formula is C22H26N2O5. The fourth-order valence-electron chi connectivity index (χ4n) is 3.26. The van der Waals surface area contributed by atoms with E-state index in [0.29, 0.717) is 49.4 Å². The molecule has 29 heavy (non-hydrogen) atoms. The Morgan fingerprint density at radius 2 is 1.86 bits per heavy atom. The van der Waals surface area contributed by atoms with Crippen molar-refractivity contribution < 1.29 is 18.7 Å². The highest BCUT2D eigenvalue weighted by molar-refractivity contribution is 5.76. The molecule has 0 aliphatic carbocycles. The molecule has 0 spiro atoms. The van der Waals surface area contributed by atoms with Crippen molar-refractivity contribution in [3.8, 4) is 11.5 Å². The molecule has 0 fully saturated rings. The Bertz CT molecular complexity index is 1040. The Kier molecular flexibility index (Phi) is 6.59. The third kappa shape index (κ3) is 4.80. The maximum Gasteiger partial charge on any atom is 0.419 e. The van der Waals surface area contributed by atoms with Gasteiger partial charge in [-0.15, -0.1) is 0 Å². The largest absolute Gasteiger partial charge is 0.493 e. The lowest BCUT2D eigenvalue weighted by atomic mass is 10.1. The molecule has 3 aromatic rings. The molecule has 154 valence electrons. The van der Waals surface area contributed by atoms with Crippen molar-refractivity contribution >= 4 is 17.0 Å². The van der Waals surface area contributed by atoms with Gasteiger partial charge in [-0.3, -0.25) is 9.36 Å². The average molecular weight is 398 g/mol. The van der Waals surface area contributed by atoms with Crippen molar-refractivity contribution in [1.82, 2.24) is 9.47 Å². The number of ether oxygens (including phenoxy) is 2. The lowest BCUT2D eigenvalue weighted by Gasteiger charge is -2.18. The number of benzene rings is 2. The first-order valence-corrected chi connectivity index (χ1v) is 9.56. The van der Waals surface area contributed by atoms with Crippen LogP contribution in [0, 0.1) is 0 Å². The predicted molar refractivity (Wildman–Crippen MR) is 111 cm³/mol. The number of oxazole rings is 1. The first-order chi connectivity index (χ1) is 14.0. The van der Waals surface area contributed by atoms with Crippen LogP contribution in [0.1, 0.15) is 18.4 Å². The van der Waals surface area contributed by atoms with Crippen LogP contribution >= 0.6 is 0 Å². The molecule has 0 atom stereocenters. The Labute approximate surface area is 169 Å². The van der Waals surface area contributed by atoms with Crippen molar-refractivity contribution in [1.29, 1.82) is 0 Å². The summed E-state index contributed by atoms with van der Waals surface area (Å²) in [6.45, 7) is 1.05. The van der Waals surface area contributed by atoms with Gasteiger partial charge in [0, 0.05) is 26.6 Å². The van der Waals surface area contributed by atoms with Gasteiger partial charge in [0.1, 0.15) is 0 Å². The van der Waals surface area contributed by atoms with E-state index in [0.717, 1.165) is 11.1 Å². The quantitative estimate of drug-likeness (QED) is 0.554. The Hall–Kier alpha value is -3.22. The number of fused-ring (bicyclic) bond motifs is 1. The number of amides is 1. The lowest BCUT2D eigenvalue weighted by molar-refractivity contribution is -0.130. The van der Waals surface area contributed by atoms with Crippen LogP contribution in [-0.4, -0.2) is 43.2 Å². The van der Waals surface area contributed by atoms with Gasteiger partial charge in [-0.2, -0.15) is 0 Å². The number of carbonyl (C=O) groups is 1. The summed E-state index contributed by atoms with van der Waals surface area (Å²) in [5.41, 5.74) is 2.39. The average Bonchev–Trinajstić information content (AvgIpc) is 3.06. The second kappa shape index (κ2) is 9.32. The van der Waals surface area contributed by atoms with Crippen molar-refractivity contribution in [2.24, 2.45) is 0 Å². The van der Waals surface area contributed by atoms with Crippen molar-refractivity contribution in [3.05, 3.63) is 58.6 Å². The molecule has 1 heterocycles.